The molecule has 1 amide bonds. The number of rotatable bonds is 7. The molecule has 0 aliphatic carbocycles. The molecule has 11 heteroatoms. The third kappa shape index (κ3) is 5.05. The molecule has 10 nitrogen and oxygen atoms in total. The molecule has 3 heterocycles. The lowest BCUT2D eigenvalue weighted by Gasteiger charge is -2.19. The molecule has 0 bridgehead atoms. The van der Waals surface area contributed by atoms with Crippen molar-refractivity contribution in [2.24, 2.45) is 0 Å². The van der Waals surface area contributed by atoms with Crippen molar-refractivity contribution in [1.29, 1.82) is 0 Å². The van der Waals surface area contributed by atoms with Crippen LogP contribution in [-0.4, -0.2) is 48.3 Å². The Morgan fingerprint density at radius 3 is 2.53 bits per heavy atom. The summed E-state index contributed by atoms with van der Waals surface area (Å²) < 4.78 is 40.1. The van der Waals surface area contributed by atoms with Crippen molar-refractivity contribution in [3.8, 4) is 11.6 Å². The Morgan fingerprint density at radius 1 is 1.19 bits per heavy atom. The number of nitrogens with one attached hydrogen (secondary N) is 1. The van der Waals surface area contributed by atoms with Gasteiger partial charge in [0.25, 0.3) is 15.9 Å². The van der Waals surface area contributed by atoms with Crippen LogP contribution in [0.15, 0.2) is 47.8 Å². The molecule has 0 aromatic carbocycles. The number of pyridine rings is 2. The summed E-state index contributed by atoms with van der Waals surface area (Å²) in [4.78, 5) is 21.0. The van der Waals surface area contributed by atoms with Crippen LogP contribution in [0.25, 0.3) is 0 Å². The first-order chi connectivity index (χ1) is 15.0. The van der Waals surface area contributed by atoms with Gasteiger partial charge in [-0.25, -0.2) is 18.1 Å². The van der Waals surface area contributed by atoms with Crippen LogP contribution in [0.1, 0.15) is 42.5 Å². The van der Waals surface area contributed by atoms with Crippen LogP contribution in [0.4, 0.5) is 0 Å². The first-order valence-electron chi connectivity index (χ1n) is 9.68. The predicted octanol–water partition coefficient (Wildman–Crippen LogP) is 2.15. The number of amides is 1. The highest BCUT2D eigenvalue weighted by Gasteiger charge is 2.27. The van der Waals surface area contributed by atoms with E-state index < -0.39 is 21.3 Å². The quantitative estimate of drug-likeness (QED) is 0.570. The molecular formula is C21H25N5O5S. The van der Waals surface area contributed by atoms with Crippen LogP contribution in [0.2, 0.25) is 0 Å². The van der Waals surface area contributed by atoms with Crippen LogP contribution in [0.3, 0.4) is 0 Å². The van der Waals surface area contributed by atoms with E-state index in [1.54, 1.807) is 29.2 Å². The normalized spacial score (nSPS) is 11.8. The van der Waals surface area contributed by atoms with E-state index in [0.29, 0.717) is 17.8 Å². The number of ether oxygens (including phenoxy) is 2. The van der Waals surface area contributed by atoms with E-state index in [4.69, 9.17) is 9.47 Å². The molecular weight excluding hydrogens is 434 g/mol. The second kappa shape index (κ2) is 8.95. The van der Waals surface area contributed by atoms with Gasteiger partial charge in [-0.15, -0.1) is 0 Å². The van der Waals surface area contributed by atoms with Gasteiger partial charge in [0.15, 0.2) is 5.75 Å². The van der Waals surface area contributed by atoms with Gasteiger partial charge in [0.05, 0.1) is 27.0 Å². The highest BCUT2D eigenvalue weighted by atomic mass is 32.2. The summed E-state index contributed by atoms with van der Waals surface area (Å²) in [7, 11) is -1.51. The lowest BCUT2D eigenvalue weighted by Crippen LogP contribution is -2.32. The maximum absolute atomic E-state index is 13.0. The number of carbonyl (C=O) groups excluding carboxylic acids is 1. The Morgan fingerprint density at radius 2 is 1.94 bits per heavy atom. The van der Waals surface area contributed by atoms with Crippen molar-refractivity contribution in [1.82, 2.24) is 24.5 Å². The van der Waals surface area contributed by atoms with Gasteiger partial charge in [0.2, 0.25) is 5.88 Å². The second-order valence-electron chi connectivity index (χ2n) is 7.97. The van der Waals surface area contributed by atoms with Gasteiger partial charge < -0.3 is 9.47 Å². The molecule has 0 radical (unpaired) electrons. The highest BCUT2D eigenvalue weighted by Crippen LogP contribution is 2.29. The topological polar surface area (TPSA) is 125 Å². The number of carbonyl (C=O) groups is 1. The third-order valence-corrected chi connectivity index (χ3v) is 5.95. The Labute approximate surface area is 186 Å². The lowest BCUT2D eigenvalue weighted by molar-refractivity contribution is 0.0975. The standard InChI is InChI=1S/C21H25N5O5S/c1-21(2,3)18-11-17(16(30-4)12-22-18)32(28,29)25-19(27)15-8-7-14(20(24-15)31-5)13-26-10-6-9-23-26/h6-12H,13H2,1-5H3,(H,25,27). The average molecular weight is 460 g/mol. The molecule has 0 atom stereocenters. The molecule has 0 aliphatic heterocycles. The van der Waals surface area contributed by atoms with Crippen LogP contribution in [0.5, 0.6) is 11.6 Å². The number of hydrogen-bond donors (Lipinski definition) is 1. The molecule has 170 valence electrons. The zero-order chi connectivity index (χ0) is 23.5. The molecule has 0 spiro atoms. The maximum atomic E-state index is 13.0. The van der Waals surface area contributed by atoms with Gasteiger partial charge in [-0.05, 0) is 24.3 Å². The molecule has 3 aromatic rings. The molecule has 32 heavy (non-hydrogen) atoms. The fraction of sp³-hybridized carbons (Fsp3) is 0.333. The maximum Gasteiger partial charge on any atom is 0.283 e. The Bertz CT molecular complexity index is 1220. The summed E-state index contributed by atoms with van der Waals surface area (Å²) in [5, 5.41) is 4.12. The van der Waals surface area contributed by atoms with E-state index in [0.717, 1.165) is 0 Å². The number of hydrogen-bond acceptors (Lipinski definition) is 8. The van der Waals surface area contributed by atoms with Gasteiger partial charge in [-0.3, -0.25) is 14.5 Å². The number of methoxy groups -OCH3 is 2. The molecule has 3 rings (SSSR count). The van der Waals surface area contributed by atoms with Crippen molar-refractivity contribution < 1.29 is 22.7 Å². The Kier molecular flexibility index (Phi) is 6.49. The molecule has 0 saturated heterocycles. The average Bonchev–Trinajstić information content (AvgIpc) is 3.25. The summed E-state index contributed by atoms with van der Waals surface area (Å²) in [6.45, 7) is 6.08. The minimum Gasteiger partial charge on any atom is -0.494 e. The summed E-state index contributed by atoms with van der Waals surface area (Å²) in [6.07, 6.45) is 4.75. The van der Waals surface area contributed by atoms with Crippen molar-refractivity contribution >= 4 is 15.9 Å². The van der Waals surface area contributed by atoms with Crippen molar-refractivity contribution in [2.75, 3.05) is 14.2 Å². The van der Waals surface area contributed by atoms with Gasteiger partial charge in [-0.2, -0.15) is 5.10 Å². The van der Waals surface area contributed by atoms with Crippen LogP contribution in [-0.2, 0) is 22.0 Å². The summed E-state index contributed by atoms with van der Waals surface area (Å²) >= 11 is 0. The zero-order valence-corrected chi connectivity index (χ0v) is 19.3. The van der Waals surface area contributed by atoms with Crippen molar-refractivity contribution in [3.63, 3.8) is 0 Å². The number of sulfonamides is 1. The monoisotopic (exact) mass is 459 g/mol. The van der Waals surface area contributed by atoms with E-state index in [9.17, 15) is 13.2 Å². The summed E-state index contributed by atoms with van der Waals surface area (Å²) in [5.41, 5.74) is 0.702. The van der Waals surface area contributed by atoms with Crippen molar-refractivity contribution in [3.05, 3.63) is 59.8 Å². The minimum absolute atomic E-state index is 0.0263. The van der Waals surface area contributed by atoms with E-state index in [1.165, 1.54) is 32.5 Å². The summed E-state index contributed by atoms with van der Waals surface area (Å²) in [6, 6.07) is 6.25. The minimum atomic E-state index is -4.26. The summed E-state index contributed by atoms with van der Waals surface area (Å²) in [5.74, 6) is -0.675. The molecule has 0 fully saturated rings. The third-order valence-electron chi connectivity index (χ3n) is 4.59. The second-order valence-corrected chi connectivity index (χ2v) is 9.62. The Balaban J connectivity index is 1.89. The van der Waals surface area contributed by atoms with Gasteiger partial charge in [0, 0.05) is 29.1 Å². The number of nitrogens with zero attached hydrogens (tertiary/aromatic N) is 4. The predicted molar refractivity (Wildman–Crippen MR) is 116 cm³/mol. The zero-order valence-electron chi connectivity index (χ0n) is 18.5. The number of aromatic nitrogens is 4. The van der Waals surface area contributed by atoms with Gasteiger partial charge in [-0.1, -0.05) is 20.8 Å². The van der Waals surface area contributed by atoms with E-state index in [-0.39, 0.29) is 22.2 Å². The lowest BCUT2D eigenvalue weighted by atomic mass is 9.92. The fourth-order valence-electron chi connectivity index (χ4n) is 2.89. The van der Waals surface area contributed by atoms with E-state index >= 15 is 0 Å². The van der Waals surface area contributed by atoms with Crippen LogP contribution >= 0.6 is 0 Å². The highest BCUT2D eigenvalue weighted by molar-refractivity contribution is 7.90. The largest absolute Gasteiger partial charge is 0.494 e. The molecule has 0 aliphatic rings. The first kappa shape index (κ1) is 23.2. The fourth-order valence-corrected chi connectivity index (χ4v) is 4.01. The van der Waals surface area contributed by atoms with Crippen LogP contribution in [0, 0.1) is 0 Å². The van der Waals surface area contributed by atoms with E-state index in [1.807, 2.05) is 25.5 Å². The SMILES string of the molecule is COc1cnc(C(C)(C)C)cc1S(=O)(=O)NC(=O)c1ccc(Cn2cccn2)c(OC)n1. The Hall–Kier alpha value is -3.47. The molecule has 0 unspecified atom stereocenters. The molecule has 3 aromatic heterocycles. The van der Waals surface area contributed by atoms with Crippen LogP contribution < -0.4 is 14.2 Å². The van der Waals surface area contributed by atoms with Gasteiger partial charge >= 0.3 is 0 Å². The van der Waals surface area contributed by atoms with E-state index in [2.05, 4.69) is 15.1 Å². The van der Waals surface area contributed by atoms with Crippen molar-refractivity contribution in [2.45, 2.75) is 37.6 Å². The first-order valence-corrected chi connectivity index (χ1v) is 11.2. The van der Waals surface area contributed by atoms with Gasteiger partial charge in [0.1, 0.15) is 10.6 Å². The molecule has 0 saturated carbocycles. The smallest absolute Gasteiger partial charge is 0.283 e. The molecule has 1 N–H and O–H groups in total.